The van der Waals surface area contributed by atoms with E-state index in [0.29, 0.717) is 0 Å². The molecule has 0 bridgehead atoms. The number of anilines is 1. The second kappa shape index (κ2) is 7.14. The lowest BCUT2D eigenvalue weighted by Gasteiger charge is -2.09. The van der Waals surface area contributed by atoms with Crippen molar-refractivity contribution in [2.45, 2.75) is 46.0 Å². The quantitative estimate of drug-likeness (QED) is 0.584. The molecule has 2 aromatic rings. The maximum atomic E-state index is 5.72. The Morgan fingerprint density at radius 3 is 2.25 bits per heavy atom. The van der Waals surface area contributed by atoms with Crippen molar-refractivity contribution in [1.29, 1.82) is 0 Å². The molecule has 0 saturated carbocycles. The number of hydrogen-bond acceptors (Lipinski definition) is 1. The topological polar surface area (TPSA) is 26.0 Å². The monoisotopic (exact) mass is 267 g/mol. The van der Waals surface area contributed by atoms with E-state index in [4.69, 9.17) is 5.73 Å². The van der Waals surface area contributed by atoms with Crippen LogP contribution >= 0.6 is 0 Å². The number of aryl methyl sites for hydroxylation is 2. The highest BCUT2D eigenvalue weighted by molar-refractivity contribution is 5.41. The van der Waals surface area contributed by atoms with Gasteiger partial charge in [0.2, 0.25) is 0 Å². The molecule has 20 heavy (non-hydrogen) atoms. The minimum absolute atomic E-state index is 0.830. The highest BCUT2D eigenvalue weighted by Gasteiger charge is 2.02. The van der Waals surface area contributed by atoms with Crippen molar-refractivity contribution in [3.63, 3.8) is 0 Å². The van der Waals surface area contributed by atoms with Crippen LogP contribution < -0.4 is 5.73 Å². The first-order valence-corrected chi connectivity index (χ1v) is 7.62. The maximum Gasteiger partial charge on any atom is 0.0314 e. The molecule has 106 valence electrons. The lowest BCUT2D eigenvalue weighted by atomic mass is 9.97. The van der Waals surface area contributed by atoms with E-state index in [1.807, 2.05) is 12.1 Å². The number of nitrogens with two attached hydrogens (primary N) is 1. The first-order valence-electron chi connectivity index (χ1n) is 7.62. The Morgan fingerprint density at radius 1 is 0.900 bits per heavy atom. The third-order valence-electron chi connectivity index (χ3n) is 3.84. The van der Waals surface area contributed by atoms with E-state index in [1.54, 1.807) is 0 Å². The van der Waals surface area contributed by atoms with Crippen molar-refractivity contribution < 1.29 is 0 Å². The van der Waals surface area contributed by atoms with Gasteiger partial charge in [0.25, 0.3) is 0 Å². The molecule has 0 aromatic heterocycles. The van der Waals surface area contributed by atoms with Crippen LogP contribution in [-0.2, 0) is 12.8 Å². The molecule has 0 atom stereocenters. The largest absolute Gasteiger partial charge is 0.399 e. The Hall–Kier alpha value is -1.76. The molecule has 0 unspecified atom stereocenters. The molecular formula is C19H25N. The molecule has 0 aliphatic rings. The fourth-order valence-corrected chi connectivity index (χ4v) is 2.59. The van der Waals surface area contributed by atoms with Crippen molar-refractivity contribution in [1.82, 2.24) is 0 Å². The predicted octanol–water partition coefficient (Wildman–Crippen LogP) is 4.90. The van der Waals surface area contributed by atoms with Crippen molar-refractivity contribution in [3.8, 4) is 0 Å². The van der Waals surface area contributed by atoms with Gasteiger partial charge in [0.05, 0.1) is 0 Å². The first-order chi connectivity index (χ1) is 9.69. The number of nitrogen functional groups attached to an aromatic ring is 1. The SMILES string of the molecule is CCCCCc1ccc(Cc2ccc(N)cc2)cc1C. The second-order valence-electron chi connectivity index (χ2n) is 5.64. The van der Waals surface area contributed by atoms with Crippen molar-refractivity contribution in [3.05, 3.63) is 64.7 Å². The van der Waals surface area contributed by atoms with E-state index in [-0.39, 0.29) is 0 Å². The van der Waals surface area contributed by atoms with Gasteiger partial charge < -0.3 is 5.73 Å². The molecule has 0 aliphatic heterocycles. The molecule has 2 aromatic carbocycles. The fourth-order valence-electron chi connectivity index (χ4n) is 2.59. The molecular weight excluding hydrogens is 242 g/mol. The number of hydrogen-bond donors (Lipinski definition) is 1. The van der Waals surface area contributed by atoms with E-state index in [2.05, 4.69) is 44.2 Å². The molecule has 2 N–H and O–H groups in total. The van der Waals surface area contributed by atoms with Crippen LogP contribution in [0.2, 0.25) is 0 Å². The second-order valence-corrected chi connectivity index (χ2v) is 5.64. The van der Waals surface area contributed by atoms with Gasteiger partial charge in [-0.15, -0.1) is 0 Å². The van der Waals surface area contributed by atoms with E-state index >= 15 is 0 Å². The van der Waals surface area contributed by atoms with Gasteiger partial charge in [0, 0.05) is 5.69 Å². The summed E-state index contributed by atoms with van der Waals surface area (Å²) in [6, 6.07) is 15.1. The lowest BCUT2D eigenvalue weighted by Crippen LogP contribution is -1.94. The summed E-state index contributed by atoms with van der Waals surface area (Å²) >= 11 is 0. The zero-order valence-corrected chi connectivity index (χ0v) is 12.7. The van der Waals surface area contributed by atoms with Gasteiger partial charge in [-0.05, 0) is 60.6 Å². The van der Waals surface area contributed by atoms with E-state index in [1.165, 1.54) is 47.9 Å². The molecule has 1 nitrogen and oxygen atoms in total. The fraction of sp³-hybridized carbons (Fsp3) is 0.368. The Labute approximate surface area is 122 Å². The Bertz CT molecular complexity index is 540. The smallest absolute Gasteiger partial charge is 0.0314 e. The lowest BCUT2D eigenvalue weighted by molar-refractivity contribution is 0.715. The summed E-state index contributed by atoms with van der Waals surface area (Å²) in [6.45, 7) is 4.48. The zero-order valence-electron chi connectivity index (χ0n) is 12.7. The number of benzene rings is 2. The predicted molar refractivity (Wildman–Crippen MR) is 88.1 cm³/mol. The molecule has 0 heterocycles. The van der Waals surface area contributed by atoms with Gasteiger partial charge in [0.1, 0.15) is 0 Å². The van der Waals surface area contributed by atoms with E-state index in [0.717, 1.165) is 12.1 Å². The van der Waals surface area contributed by atoms with Crippen LogP contribution in [0.15, 0.2) is 42.5 Å². The standard InChI is InChI=1S/C19H25N/c1-3-4-5-6-18-10-7-17(13-15(18)2)14-16-8-11-19(20)12-9-16/h7-13H,3-6,14,20H2,1-2H3. The van der Waals surface area contributed by atoms with Crippen LogP contribution in [0.4, 0.5) is 5.69 Å². The minimum atomic E-state index is 0.830. The summed E-state index contributed by atoms with van der Waals surface area (Å²) in [7, 11) is 0. The molecule has 0 aliphatic carbocycles. The summed E-state index contributed by atoms with van der Waals surface area (Å²) in [5.41, 5.74) is 12.2. The van der Waals surface area contributed by atoms with Crippen LogP contribution in [-0.4, -0.2) is 0 Å². The highest BCUT2D eigenvalue weighted by Crippen LogP contribution is 2.17. The van der Waals surface area contributed by atoms with E-state index < -0.39 is 0 Å². The third-order valence-corrected chi connectivity index (χ3v) is 3.84. The van der Waals surface area contributed by atoms with Crippen LogP contribution in [0.3, 0.4) is 0 Å². The minimum Gasteiger partial charge on any atom is -0.399 e. The molecule has 2 rings (SSSR count). The summed E-state index contributed by atoms with van der Waals surface area (Å²) in [6.07, 6.45) is 6.10. The average molecular weight is 267 g/mol. The van der Waals surface area contributed by atoms with Gasteiger partial charge in [-0.2, -0.15) is 0 Å². The molecule has 0 saturated heterocycles. The molecule has 0 spiro atoms. The molecule has 0 fully saturated rings. The first kappa shape index (κ1) is 14.6. The van der Waals surface area contributed by atoms with Crippen LogP contribution in [0.1, 0.15) is 48.4 Å². The summed E-state index contributed by atoms with van der Waals surface area (Å²) in [5, 5.41) is 0. The Morgan fingerprint density at radius 2 is 1.60 bits per heavy atom. The third kappa shape index (κ3) is 4.12. The van der Waals surface area contributed by atoms with Crippen LogP contribution in [0.25, 0.3) is 0 Å². The summed E-state index contributed by atoms with van der Waals surface area (Å²) < 4.78 is 0. The highest BCUT2D eigenvalue weighted by atomic mass is 14.5. The summed E-state index contributed by atoms with van der Waals surface area (Å²) in [5.74, 6) is 0. The van der Waals surface area contributed by atoms with Gasteiger partial charge in [0.15, 0.2) is 0 Å². The Balaban J connectivity index is 2.03. The number of unbranched alkanes of at least 4 members (excludes halogenated alkanes) is 2. The van der Waals surface area contributed by atoms with Gasteiger partial charge in [-0.3, -0.25) is 0 Å². The van der Waals surface area contributed by atoms with E-state index in [9.17, 15) is 0 Å². The molecule has 0 radical (unpaired) electrons. The van der Waals surface area contributed by atoms with Gasteiger partial charge >= 0.3 is 0 Å². The van der Waals surface area contributed by atoms with Crippen molar-refractivity contribution >= 4 is 5.69 Å². The maximum absolute atomic E-state index is 5.72. The molecule has 1 heteroatoms. The van der Waals surface area contributed by atoms with Gasteiger partial charge in [-0.1, -0.05) is 50.1 Å². The van der Waals surface area contributed by atoms with Crippen molar-refractivity contribution in [2.75, 3.05) is 5.73 Å². The van der Waals surface area contributed by atoms with Crippen LogP contribution in [0.5, 0.6) is 0 Å². The average Bonchev–Trinajstić information content (AvgIpc) is 2.44. The normalized spacial score (nSPS) is 10.7. The van der Waals surface area contributed by atoms with Gasteiger partial charge in [-0.25, -0.2) is 0 Å². The zero-order chi connectivity index (χ0) is 14.4. The Kier molecular flexibility index (Phi) is 5.23. The molecule has 0 amide bonds. The van der Waals surface area contributed by atoms with Crippen LogP contribution in [0, 0.1) is 6.92 Å². The van der Waals surface area contributed by atoms with Crippen molar-refractivity contribution in [2.24, 2.45) is 0 Å². The summed E-state index contributed by atoms with van der Waals surface area (Å²) in [4.78, 5) is 0. The number of rotatable bonds is 6.